The normalized spacial score (nSPS) is 29.5. The Morgan fingerprint density at radius 1 is 1.60 bits per heavy atom. The summed E-state index contributed by atoms with van der Waals surface area (Å²) < 4.78 is 23.6. The Bertz CT molecular complexity index is 186. The van der Waals surface area contributed by atoms with E-state index in [0.29, 0.717) is 5.75 Å². The zero-order valence-electron chi connectivity index (χ0n) is 6.13. The molecule has 4 heteroatoms. The SMILES string of the molecule is CCCC[C@H]1CS(=O)(=O)N1. The van der Waals surface area contributed by atoms with Crippen LogP contribution >= 0.6 is 0 Å². The van der Waals surface area contributed by atoms with Crippen LogP contribution in [0.3, 0.4) is 0 Å². The minimum Gasteiger partial charge on any atom is -0.212 e. The summed E-state index contributed by atoms with van der Waals surface area (Å²) in [5.74, 6) is 0.340. The largest absolute Gasteiger partial charge is 0.213 e. The van der Waals surface area contributed by atoms with E-state index >= 15 is 0 Å². The lowest BCUT2D eigenvalue weighted by molar-refractivity contribution is 0.486. The minimum absolute atomic E-state index is 0.241. The molecule has 1 heterocycles. The van der Waals surface area contributed by atoms with Crippen LogP contribution < -0.4 is 4.72 Å². The second-order valence-corrected chi connectivity index (χ2v) is 4.54. The second-order valence-electron chi connectivity index (χ2n) is 2.74. The van der Waals surface area contributed by atoms with Gasteiger partial charge in [-0.05, 0) is 6.42 Å². The topological polar surface area (TPSA) is 46.2 Å². The van der Waals surface area contributed by atoms with Crippen molar-refractivity contribution in [3.05, 3.63) is 0 Å². The van der Waals surface area contributed by atoms with Gasteiger partial charge in [-0.25, -0.2) is 13.1 Å². The summed E-state index contributed by atoms with van der Waals surface area (Å²) in [4.78, 5) is 0. The number of unbranched alkanes of at least 4 members (excludes halogenated alkanes) is 1. The van der Waals surface area contributed by atoms with Crippen molar-refractivity contribution in [2.75, 3.05) is 5.75 Å². The maximum absolute atomic E-state index is 10.5. The molecule has 60 valence electrons. The van der Waals surface area contributed by atoms with Gasteiger partial charge >= 0.3 is 0 Å². The van der Waals surface area contributed by atoms with Gasteiger partial charge in [0.25, 0.3) is 0 Å². The first-order valence-electron chi connectivity index (χ1n) is 3.64. The fourth-order valence-corrected chi connectivity index (χ4v) is 2.38. The van der Waals surface area contributed by atoms with Crippen molar-refractivity contribution >= 4 is 10.0 Å². The minimum atomic E-state index is -2.81. The highest BCUT2D eigenvalue weighted by Crippen LogP contribution is 2.11. The fourth-order valence-electron chi connectivity index (χ4n) is 1.09. The zero-order valence-corrected chi connectivity index (χ0v) is 6.95. The lowest BCUT2D eigenvalue weighted by Gasteiger charge is -2.26. The van der Waals surface area contributed by atoms with Gasteiger partial charge in [0.1, 0.15) is 0 Å². The molecule has 3 nitrogen and oxygen atoms in total. The molecule has 1 aliphatic rings. The van der Waals surface area contributed by atoms with Crippen LogP contribution in [0.1, 0.15) is 26.2 Å². The molecular formula is C6H13NO2S. The van der Waals surface area contributed by atoms with Gasteiger partial charge in [-0.1, -0.05) is 19.8 Å². The van der Waals surface area contributed by atoms with E-state index in [0.717, 1.165) is 19.3 Å². The molecule has 0 radical (unpaired) electrons. The van der Waals surface area contributed by atoms with Crippen molar-refractivity contribution in [1.29, 1.82) is 0 Å². The van der Waals surface area contributed by atoms with Crippen LogP contribution in [0.2, 0.25) is 0 Å². The highest BCUT2D eigenvalue weighted by Gasteiger charge is 2.30. The third-order valence-electron chi connectivity index (χ3n) is 1.67. The van der Waals surface area contributed by atoms with Crippen molar-refractivity contribution in [3.8, 4) is 0 Å². The highest BCUT2D eigenvalue weighted by atomic mass is 32.2. The molecule has 0 amide bonds. The highest BCUT2D eigenvalue weighted by molar-refractivity contribution is 7.90. The predicted molar refractivity (Wildman–Crippen MR) is 40.2 cm³/mol. The monoisotopic (exact) mass is 163 g/mol. The number of rotatable bonds is 3. The predicted octanol–water partition coefficient (Wildman–Crippen LogP) is 0.478. The van der Waals surface area contributed by atoms with E-state index in [4.69, 9.17) is 0 Å². The van der Waals surface area contributed by atoms with E-state index in [-0.39, 0.29) is 6.04 Å². The third kappa shape index (κ3) is 1.95. The molecule has 1 fully saturated rings. The Morgan fingerprint density at radius 2 is 2.20 bits per heavy atom. The fraction of sp³-hybridized carbons (Fsp3) is 1.00. The maximum Gasteiger partial charge on any atom is 0.213 e. The zero-order chi connectivity index (χ0) is 7.61. The molecule has 0 aromatic heterocycles. The van der Waals surface area contributed by atoms with Crippen LogP contribution in [0.25, 0.3) is 0 Å². The summed E-state index contributed by atoms with van der Waals surface area (Å²) in [6.07, 6.45) is 3.25. The van der Waals surface area contributed by atoms with Crippen molar-refractivity contribution in [3.63, 3.8) is 0 Å². The van der Waals surface area contributed by atoms with E-state index in [9.17, 15) is 8.42 Å². The quantitative estimate of drug-likeness (QED) is 0.657. The Balaban J connectivity index is 2.15. The van der Waals surface area contributed by atoms with Crippen LogP contribution in [0.5, 0.6) is 0 Å². The molecule has 0 unspecified atom stereocenters. The Kier molecular flexibility index (Phi) is 2.31. The first-order chi connectivity index (χ1) is 4.64. The van der Waals surface area contributed by atoms with Crippen molar-refractivity contribution < 1.29 is 8.42 Å². The van der Waals surface area contributed by atoms with Gasteiger partial charge < -0.3 is 0 Å². The summed E-state index contributed by atoms with van der Waals surface area (Å²) in [6.45, 7) is 2.10. The molecule has 1 aliphatic heterocycles. The van der Waals surface area contributed by atoms with Crippen LogP contribution in [0.15, 0.2) is 0 Å². The molecule has 1 saturated heterocycles. The van der Waals surface area contributed by atoms with E-state index in [2.05, 4.69) is 11.6 Å². The number of sulfonamides is 1. The van der Waals surface area contributed by atoms with E-state index in [1.165, 1.54) is 0 Å². The van der Waals surface area contributed by atoms with Gasteiger partial charge in [0.15, 0.2) is 0 Å². The summed E-state index contributed by atoms with van der Waals surface area (Å²) >= 11 is 0. The smallest absolute Gasteiger partial charge is 0.212 e. The average Bonchev–Trinajstić information content (AvgIpc) is 1.78. The van der Waals surface area contributed by atoms with Gasteiger partial charge in [0.2, 0.25) is 10.0 Å². The molecule has 0 bridgehead atoms. The van der Waals surface area contributed by atoms with Crippen molar-refractivity contribution in [2.45, 2.75) is 32.2 Å². The average molecular weight is 163 g/mol. The Morgan fingerprint density at radius 3 is 2.60 bits per heavy atom. The molecule has 1 atom stereocenters. The van der Waals surface area contributed by atoms with Gasteiger partial charge in [0.05, 0.1) is 5.75 Å². The van der Waals surface area contributed by atoms with Gasteiger partial charge in [0, 0.05) is 6.04 Å². The lowest BCUT2D eigenvalue weighted by atomic mass is 10.1. The Labute approximate surface area is 61.9 Å². The van der Waals surface area contributed by atoms with E-state index in [1.807, 2.05) is 0 Å². The van der Waals surface area contributed by atoms with Crippen LogP contribution in [0, 0.1) is 0 Å². The molecule has 0 aromatic carbocycles. The van der Waals surface area contributed by atoms with Gasteiger partial charge in [-0.3, -0.25) is 0 Å². The van der Waals surface area contributed by atoms with Crippen LogP contribution in [-0.4, -0.2) is 20.2 Å². The number of hydrogen-bond acceptors (Lipinski definition) is 2. The maximum atomic E-state index is 10.5. The lowest BCUT2D eigenvalue weighted by Crippen LogP contribution is -2.52. The molecule has 0 aliphatic carbocycles. The van der Waals surface area contributed by atoms with Gasteiger partial charge in [-0.15, -0.1) is 0 Å². The van der Waals surface area contributed by atoms with Crippen molar-refractivity contribution in [2.24, 2.45) is 0 Å². The molecule has 1 rings (SSSR count). The first-order valence-corrected chi connectivity index (χ1v) is 5.29. The molecule has 1 N–H and O–H groups in total. The second kappa shape index (κ2) is 2.88. The number of nitrogens with one attached hydrogen (secondary N) is 1. The third-order valence-corrected chi connectivity index (χ3v) is 3.21. The van der Waals surface area contributed by atoms with Crippen LogP contribution in [-0.2, 0) is 10.0 Å². The molecule has 0 spiro atoms. The first kappa shape index (κ1) is 8.01. The van der Waals surface area contributed by atoms with E-state index in [1.54, 1.807) is 0 Å². The van der Waals surface area contributed by atoms with E-state index < -0.39 is 10.0 Å². The number of hydrogen-bond donors (Lipinski definition) is 1. The molecule has 0 saturated carbocycles. The summed E-state index contributed by atoms with van der Waals surface area (Å²) in [7, 11) is -2.81. The van der Waals surface area contributed by atoms with Gasteiger partial charge in [-0.2, -0.15) is 0 Å². The summed E-state index contributed by atoms with van der Waals surface area (Å²) in [5, 5.41) is 0. The van der Waals surface area contributed by atoms with Crippen molar-refractivity contribution in [1.82, 2.24) is 4.72 Å². The summed E-state index contributed by atoms with van der Waals surface area (Å²) in [6, 6.07) is 0.241. The molecule has 0 aromatic rings. The standard InChI is InChI=1S/C6H13NO2S/c1-2-3-4-6-5-10(8,9)7-6/h6-7H,2-5H2,1H3/t6-/m0/s1. The molecule has 10 heavy (non-hydrogen) atoms. The molecular weight excluding hydrogens is 150 g/mol. The Hall–Kier alpha value is -0.0900. The van der Waals surface area contributed by atoms with Crippen LogP contribution in [0.4, 0.5) is 0 Å². The summed E-state index contributed by atoms with van der Waals surface area (Å²) in [5.41, 5.74) is 0.